The van der Waals surface area contributed by atoms with E-state index in [9.17, 15) is 9.59 Å². The van der Waals surface area contributed by atoms with E-state index in [1.165, 1.54) is 7.11 Å². The van der Waals surface area contributed by atoms with E-state index in [0.717, 1.165) is 51.9 Å². The quantitative estimate of drug-likeness (QED) is 0.604. The maximum Gasteiger partial charge on any atom is 0.308 e. The summed E-state index contributed by atoms with van der Waals surface area (Å²) in [6, 6.07) is 0. The smallest absolute Gasteiger partial charge is 0.308 e. The van der Waals surface area contributed by atoms with Gasteiger partial charge in [0.05, 0.1) is 18.9 Å². The highest BCUT2D eigenvalue weighted by Crippen LogP contribution is 2.25. The molecule has 26 heavy (non-hydrogen) atoms. The summed E-state index contributed by atoms with van der Waals surface area (Å²) < 4.78 is 4.74. The van der Waals surface area contributed by atoms with Gasteiger partial charge >= 0.3 is 11.9 Å². The summed E-state index contributed by atoms with van der Waals surface area (Å²) in [6.07, 6.45) is 4.30. The maximum absolute atomic E-state index is 11.3. The number of esters is 1. The zero-order valence-corrected chi connectivity index (χ0v) is 17.1. The molecule has 0 bridgehead atoms. The molecule has 2 fully saturated rings. The predicted molar refractivity (Wildman–Crippen MR) is 104 cm³/mol. The number of nitrogens with zero attached hydrogens (tertiary/aromatic N) is 2. The number of carbonyl (C=O) groups excluding carboxylic acids is 1. The number of carbonyl (C=O) groups is 2. The van der Waals surface area contributed by atoms with Gasteiger partial charge in [0.1, 0.15) is 0 Å². The van der Waals surface area contributed by atoms with Crippen molar-refractivity contribution in [2.75, 3.05) is 47.4 Å². The molecule has 2 aliphatic heterocycles. The third-order valence-corrected chi connectivity index (χ3v) is 5.90. The van der Waals surface area contributed by atoms with Crippen molar-refractivity contribution in [1.29, 1.82) is 0 Å². The lowest BCUT2D eigenvalue weighted by Gasteiger charge is -2.31. The van der Waals surface area contributed by atoms with Crippen LogP contribution in [-0.4, -0.2) is 82.6 Å². The van der Waals surface area contributed by atoms with E-state index in [4.69, 9.17) is 9.84 Å². The van der Waals surface area contributed by atoms with E-state index < -0.39 is 5.97 Å². The van der Waals surface area contributed by atoms with Crippen molar-refractivity contribution in [2.24, 2.45) is 23.7 Å². The van der Waals surface area contributed by atoms with Crippen LogP contribution in [0.2, 0.25) is 0 Å². The molecule has 0 aliphatic carbocycles. The van der Waals surface area contributed by atoms with Crippen LogP contribution < -0.4 is 0 Å². The third kappa shape index (κ3) is 8.08. The van der Waals surface area contributed by atoms with Crippen molar-refractivity contribution in [2.45, 2.75) is 39.5 Å². The van der Waals surface area contributed by atoms with Crippen molar-refractivity contribution < 1.29 is 19.4 Å². The average molecular weight is 367 g/mol. The van der Waals surface area contributed by atoms with Gasteiger partial charge in [0.25, 0.3) is 0 Å². The summed E-state index contributed by atoms with van der Waals surface area (Å²) >= 11 is 0. The number of likely N-dealkylation sites (tertiary alicyclic amines) is 2. The van der Waals surface area contributed by atoms with Gasteiger partial charge in [-0.2, -0.15) is 0 Å². The first-order valence-corrected chi connectivity index (χ1v) is 9.44. The molecule has 6 nitrogen and oxygen atoms in total. The fraction of sp³-hybridized carbons (Fsp3) is 0.895. The first-order chi connectivity index (χ1) is 11.8. The Bertz CT molecular complexity index is 420. The van der Waals surface area contributed by atoms with E-state index in [-0.39, 0.29) is 26.2 Å². The Balaban J connectivity index is 0.000000464. The fourth-order valence-electron chi connectivity index (χ4n) is 3.64. The first-order valence-electron chi connectivity index (χ1n) is 9.44. The van der Waals surface area contributed by atoms with Gasteiger partial charge in [-0.25, -0.2) is 0 Å². The van der Waals surface area contributed by atoms with Crippen molar-refractivity contribution in [3.8, 4) is 0 Å². The Morgan fingerprint density at radius 1 is 0.885 bits per heavy atom. The van der Waals surface area contributed by atoms with Crippen LogP contribution in [0.5, 0.6) is 0 Å². The molecule has 7 heteroatoms. The number of carboxylic acid groups (broad SMARTS) is 1. The molecule has 1 N–H and O–H groups in total. The van der Waals surface area contributed by atoms with Crippen LogP contribution in [0, 0.1) is 23.7 Å². The lowest BCUT2D eigenvalue weighted by atomic mass is 9.86. The molecular formula is C19H36BN2O4. The summed E-state index contributed by atoms with van der Waals surface area (Å²) in [5, 5.41) is 8.79. The van der Waals surface area contributed by atoms with Crippen LogP contribution in [0.15, 0.2) is 0 Å². The van der Waals surface area contributed by atoms with E-state index in [0.29, 0.717) is 11.8 Å². The zero-order chi connectivity index (χ0) is 19.0. The Morgan fingerprint density at radius 2 is 1.23 bits per heavy atom. The van der Waals surface area contributed by atoms with E-state index in [2.05, 4.69) is 23.9 Å². The van der Waals surface area contributed by atoms with Gasteiger partial charge in [0, 0.05) is 8.41 Å². The van der Waals surface area contributed by atoms with Gasteiger partial charge in [-0.3, -0.25) is 9.59 Å². The minimum atomic E-state index is -0.649. The monoisotopic (exact) mass is 367 g/mol. The van der Waals surface area contributed by atoms with Crippen LogP contribution >= 0.6 is 0 Å². The molecule has 2 heterocycles. The van der Waals surface area contributed by atoms with Gasteiger partial charge in [-0.1, -0.05) is 13.8 Å². The summed E-state index contributed by atoms with van der Waals surface area (Å²) in [6.45, 7) is 8.09. The van der Waals surface area contributed by atoms with Gasteiger partial charge in [-0.05, 0) is 77.8 Å². The topological polar surface area (TPSA) is 70.1 Å². The highest BCUT2D eigenvalue weighted by Gasteiger charge is 2.27. The van der Waals surface area contributed by atoms with Crippen LogP contribution in [0.3, 0.4) is 0 Å². The molecular weight excluding hydrogens is 331 g/mol. The van der Waals surface area contributed by atoms with Crippen LogP contribution in [0.25, 0.3) is 0 Å². The molecule has 2 unspecified atom stereocenters. The van der Waals surface area contributed by atoms with E-state index in [1.54, 1.807) is 0 Å². The molecule has 0 aromatic rings. The second kappa shape index (κ2) is 12.3. The van der Waals surface area contributed by atoms with Crippen molar-refractivity contribution in [3.63, 3.8) is 0 Å². The maximum atomic E-state index is 11.3. The molecule has 0 aromatic carbocycles. The summed E-state index contributed by atoms with van der Waals surface area (Å²) in [4.78, 5) is 26.5. The van der Waals surface area contributed by atoms with Crippen LogP contribution in [-0.2, 0) is 14.3 Å². The highest BCUT2D eigenvalue weighted by atomic mass is 16.5. The highest BCUT2D eigenvalue weighted by molar-refractivity contribution is 5.75. The minimum absolute atomic E-state index is 0. The predicted octanol–water partition coefficient (Wildman–Crippen LogP) is 1.81. The van der Waals surface area contributed by atoms with E-state index in [1.807, 2.05) is 13.8 Å². The van der Waals surface area contributed by atoms with Crippen molar-refractivity contribution in [3.05, 3.63) is 0 Å². The lowest BCUT2D eigenvalue weighted by molar-refractivity contribution is -0.147. The molecule has 2 atom stereocenters. The van der Waals surface area contributed by atoms with Gasteiger partial charge in [0.15, 0.2) is 0 Å². The van der Waals surface area contributed by atoms with Crippen molar-refractivity contribution >= 4 is 20.4 Å². The molecule has 0 spiro atoms. The minimum Gasteiger partial charge on any atom is -0.481 e. The van der Waals surface area contributed by atoms with Gasteiger partial charge in [0.2, 0.25) is 0 Å². The number of rotatable bonds is 4. The Hall–Kier alpha value is -1.08. The number of hydrogen-bond donors (Lipinski definition) is 1. The average Bonchev–Trinajstić information content (AvgIpc) is 2.61. The largest absolute Gasteiger partial charge is 0.481 e. The normalized spacial score (nSPS) is 22.3. The Morgan fingerprint density at radius 3 is 1.54 bits per heavy atom. The molecule has 0 aromatic heterocycles. The summed E-state index contributed by atoms with van der Waals surface area (Å²) in [5.74, 6) is 0.0962. The molecule has 2 rings (SSSR count). The first kappa shape index (κ1) is 24.9. The molecule has 0 amide bonds. The van der Waals surface area contributed by atoms with Crippen LogP contribution in [0.1, 0.15) is 39.5 Å². The zero-order valence-electron chi connectivity index (χ0n) is 17.1. The summed E-state index contributed by atoms with van der Waals surface area (Å²) in [5.41, 5.74) is 0. The SMILES string of the molecule is CC(C(=O)O)C1CCN(C)CC1.COC(=O)C(C)C1CCN(C)CC1.[B]. The second-order valence-electron chi connectivity index (χ2n) is 7.72. The molecule has 2 saturated heterocycles. The Kier molecular flexibility index (Phi) is 11.8. The number of piperidine rings is 2. The molecule has 0 saturated carbocycles. The standard InChI is InChI=1S/C10H19NO2.C9H17NO2.B/c1-8(10(12)13-3)9-4-6-11(2)7-5-9;1-7(9(11)12)8-3-5-10(2)6-4-8;/h8-9H,4-7H2,1-3H3;7-8H,3-6H2,1-2H3,(H,11,12);. The molecule has 3 radical (unpaired) electrons. The van der Waals surface area contributed by atoms with Crippen LogP contribution in [0.4, 0.5) is 0 Å². The van der Waals surface area contributed by atoms with Gasteiger partial charge in [-0.15, -0.1) is 0 Å². The lowest BCUT2D eigenvalue weighted by Crippen LogP contribution is -2.35. The van der Waals surface area contributed by atoms with E-state index >= 15 is 0 Å². The molecule has 2 aliphatic rings. The Labute approximate surface area is 160 Å². The molecule has 149 valence electrons. The number of carboxylic acids is 1. The van der Waals surface area contributed by atoms with Gasteiger partial charge < -0.3 is 19.6 Å². The third-order valence-electron chi connectivity index (χ3n) is 5.90. The number of aliphatic carboxylic acids is 1. The second-order valence-corrected chi connectivity index (χ2v) is 7.72. The fourth-order valence-corrected chi connectivity index (χ4v) is 3.64. The number of ether oxygens (including phenoxy) is 1. The number of hydrogen-bond acceptors (Lipinski definition) is 5. The van der Waals surface area contributed by atoms with Crippen molar-refractivity contribution in [1.82, 2.24) is 9.80 Å². The summed E-state index contributed by atoms with van der Waals surface area (Å²) in [7, 11) is 5.68. The number of methoxy groups -OCH3 is 1.